The van der Waals surface area contributed by atoms with Crippen molar-refractivity contribution >= 4 is 23.7 Å². The van der Waals surface area contributed by atoms with Gasteiger partial charge in [-0.1, -0.05) is 60.2 Å². The fraction of sp³-hybridized carbons (Fsp3) is 0.222. The molecule has 4 rings (SSSR count). The molecular formula is C27H26N2O5. The molecule has 1 aliphatic rings. The molecule has 0 bridgehead atoms. The number of amides is 2. The number of nitrogens with one attached hydrogen (secondary N) is 1. The van der Waals surface area contributed by atoms with Gasteiger partial charge in [0.25, 0.3) is 5.91 Å². The monoisotopic (exact) mass is 458 g/mol. The Labute approximate surface area is 198 Å². The first-order valence-electron chi connectivity index (χ1n) is 11.0. The molecule has 3 aromatic rings. The van der Waals surface area contributed by atoms with E-state index in [4.69, 9.17) is 4.74 Å². The number of carboxylic acids is 1. The maximum atomic E-state index is 13.0. The Balaban J connectivity index is 1.50. The van der Waals surface area contributed by atoms with E-state index < -0.39 is 24.0 Å². The number of hydrogen-bond donors (Lipinski definition) is 2. The number of anilines is 1. The lowest BCUT2D eigenvalue weighted by atomic mass is 9.98. The van der Waals surface area contributed by atoms with E-state index in [2.05, 4.69) is 17.4 Å². The minimum Gasteiger partial charge on any atom is -0.480 e. The van der Waals surface area contributed by atoms with Crippen molar-refractivity contribution in [2.75, 3.05) is 19.0 Å². The number of carbonyl (C=O) groups is 3. The van der Waals surface area contributed by atoms with Gasteiger partial charge in [0.1, 0.15) is 12.6 Å². The Morgan fingerprint density at radius 3 is 2.18 bits per heavy atom. The van der Waals surface area contributed by atoms with Gasteiger partial charge in [-0.2, -0.15) is 0 Å². The number of fused-ring (bicyclic) bond motifs is 3. The SMILES string of the molecule is Cc1ccc(NC(=O)OCC2c3ccccc3-c3ccccc32)c(C(=O)N(C)C(C)C(=O)O)c1. The zero-order valence-corrected chi connectivity index (χ0v) is 19.2. The second-order valence-electron chi connectivity index (χ2n) is 8.43. The maximum Gasteiger partial charge on any atom is 0.411 e. The van der Waals surface area contributed by atoms with E-state index in [9.17, 15) is 19.5 Å². The van der Waals surface area contributed by atoms with Crippen molar-refractivity contribution in [3.05, 3.63) is 89.0 Å². The van der Waals surface area contributed by atoms with E-state index in [-0.39, 0.29) is 23.8 Å². The van der Waals surface area contributed by atoms with Gasteiger partial charge in [0.2, 0.25) is 0 Å². The molecule has 1 aliphatic carbocycles. The summed E-state index contributed by atoms with van der Waals surface area (Å²) in [4.78, 5) is 38.1. The quantitative estimate of drug-likeness (QED) is 0.548. The number of rotatable bonds is 6. The molecule has 2 amide bonds. The minimum absolute atomic E-state index is 0.0835. The third kappa shape index (κ3) is 4.37. The number of ether oxygens (including phenoxy) is 1. The fourth-order valence-electron chi connectivity index (χ4n) is 4.22. The van der Waals surface area contributed by atoms with Crippen LogP contribution in [0.5, 0.6) is 0 Å². The van der Waals surface area contributed by atoms with Crippen LogP contribution in [0.1, 0.15) is 39.9 Å². The molecule has 174 valence electrons. The fourth-order valence-corrected chi connectivity index (χ4v) is 4.22. The van der Waals surface area contributed by atoms with E-state index in [0.29, 0.717) is 0 Å². The summed E-state index contributed by atoms with van der Waals surface area (Å²) < 4.78 is 5.59. The Kier molecular flexibility index (Phi) is 6.36. The summed E-state index contributed by atoms with van der Waals surface area (Å²) in [5.41, 5.74) is 5.74. The molecule has 0 aromatic heterocycles. The van der Waals surface area contributed by atoms with Crippen molar-refractivity contribution in [1.29, 1.82) is 0 Å². The number of carboxylic acid groups (broad SMARTS) is 1. The van der Waals surface area contributed by atoms with Crippen LogP contribution < -0.4 is 5.32 Å². The molecule has 0 saturated carbocycles. The van der Waals surface area contributed by atoms with Crippen LogP contribution in [0.3, 0.4) is 0 Å². The van der Waals surface area contributed by atoms with Crippen LogP contribution in [0.2, 0.25) is 0 Å². The smallest absolute Gasteiger partial charge is 0.411 e. The van der Waals surface area contributed by atoms with Gasteiger partial charge < -0.3 is 14.7 Å². The summed E-state index contributed by atoms with van der Waals surface area (Å²) in [5.74, 6) is -1.71. The van der Waals surface area contributed by atoms with Crippen LogP contribution in [0, 0.1) is 6.92 Å². The summed E-state index contributed by atoms with van der Waals surface area (Å²) in [6.07, 6.45) is -0.686. The maximum absolute atomic E-state index is 13.0. The lowest BCUT2D eigenvalue weighted by Crippen LogP contribution is -2.40. The number of likely N-dealkylation sites (N-methyl/N-ethyl adjacent to an activating group) is 1. The predicted molar refractivity (Wildman–Crippen MR) is 129 cm³/mol. The summed E-state index contributed by atoms with van der Waals surface area (Å²) in [6.45, 7) is 3.38. The van der Waals surface area contributed by atoms with Gasteiger partial charge in [0, 0.05) is 13.0 Å². The Bertz CT molecular complexity index is 1220. The van der Waals surface area contributed by atoms with Gasteiger partial charge in [0.15, 0.2) is 0 Å². The van der Waals surface area contributed by atoms with Crippen LogP contribution in [0.25, 0.3) is 11.1 Å². The van der Waals surface area contributed by atoms with Crippen molar-refractivity contribution in [2.45, 2.75) is 25.8 Å². The summed E-state index contributed by atoms with van der Waals surface area (Å²) in [5, 5.41) is 11.9. The Hall–Kier alpha value is -4.13. The molecule has 1 atom stereocenters. The number of carbonyl (C=O) groups excluding carboxylic acids is 2. The largest absolute Gasteiger partial charge is 0.480 e. The van der Waals surface area contributed by atoms with Crippen LogP contribution >= 0.6 is 0 Å². The van der Waals surface area contributed by atoms with Crippen molar-refractivity contribution in [2.24, 2.45) is 0 Å². The molecule has 0 heterocycles. The number of aliphatic carboxylic acids is 1. The van der Waals surface area contributed by atoms with Gasteiger partial charge in [0.05, 0.1) is 11.3 Å². The second kappa shape index (κ2) is 9.39. The number of benzene rings is 3. The average Bonchev–Trinajstić information content (AvgIpc) is 3.16. The highest BCUT2D eigenvalue weighted by atomic mass is 16.5. The van der Waals surface area contributed by atoms with Crippen molar-refractivity contribution < 1.29 is 24.2 Å². The van der Waals surface area contributed by atoms with Crippen molar-refractivity contribution in [3.63, 3.8) is 0 Å². The minimum atomic E-state index is -1.12. The average molecular weight is 459 g/mol. The second-order valence-corrected chi connectivity index (χ2v) is 8.43. The van der Waals surface area contributed by atoms with Gasteiger partial charge in [-0.3, -0.25) is 10.1 Å². The first kappa shape index (κ1) is 23.0. The van der Waals surface area contributed by atoms with E-state index in [1.54, 1.807) is 18.2 Å². The molecule has 0 spiro atoms. The van der Waals surface area contributed by atoms with Crippen LogP contribution in [-0.4, -0.2) is 47.7 Å². The molecular weight excluding hydrogens is 432 g/mol. The zero-order valence-electron chi connectivity index (χ0n) is 19.2. The third-order valence-corrected chi connectivity index (χ3v) is 6.24. The van der Waals surface area contributed by atoms with E-state index in [1.807, 2.05) is 43.3 Å². The topological polar surface area (TPSA) is 95.9 Å². The highest BCUT2D eigenvalue weighted by Crippen LogP contribution is 2.44. The molecule has 7 heteroatoms. The number of nitrogens with zero attached hydrogens (tertiary/aromatic N) is 1. The molecule has 3 aromatic carbocycles. The lowest BCUT2D eigenvalue weighted by Gasteiger charge is -2.23. The Morgan fingerprint density at radius 2 is 1.59 bits per heavy atom. The molecule has 2 N–H and O–H groups in total. The number of hydrogen-bond acceptors (Lipinski definition) is 4. The highest BCUT2D eigenvalue weighted by Gasteiger charge is 2.29. The van der Waals surface area contributed by atoms with Crippen molar-refractivity contribution in [3.8, 4) is 11.1 Å². The first-order valence-corrected chi connectivity index (χ1v) is 11.0. The normalized spacial score (nSPS) is 12.9. The first-order chi connectivity index (χ1) is 16.3. The summed E-state index contributed by atoms with van der Waals surface area (Å²) in [6, 6.07) is 20.1. The van der Waals surface area contributed by atoms with Gasteiger partial charge in [-0.15, -0.1) is 0 Å². The molecule has 1 unspecified atom stereocenters. The molecule has 0 aliphatic heterocycles. The van der Waals surface area contributed by atoms with Crippen molar-refractivity contribution in [1.82, 2.24) is 4.90 Å². The molecule has 0 saturated heterocycles. The highest BCUT2D eigenvalue weighted by molar-refractivity contribution is 6.04. The molecule has 0 fully saturated rings. The van der Waals surface area contributed by atoms with Crippen LogP contribution in [0.15, 0.2) is 66.7 Å². The third-order valence-electron chi connectivity index (χ3n) is 6.24. The predicted octanol–water partition coefficient (Wildman–Crippen LogP) is 4.90. The van der Waals surface area contributed by atoms with Gasteiger partial charge in [-0.05, 0) is 48.2 Å². The standard InChI is InChI=1S/C27H26N2O5/c1-16-12-13-24(22(14-16)25(30)29(3)17(2)26(31)32)28-27(33)34-15-23-20-10-6-4-8-18(20)19-9-5-7-11-21(19)23/h4-14,17,23H,15H2,1-3H3,(H,28,33)(H,31,32). The molecule has 34 heavy (non-hydrogen) atoms. The molecule has 0 radical (unpaired) electrons. The zero-order chi connectivity index (χ0) is 24.4. The Morgan fingerprint density at radius 1 is 1.00 bits per heavy atom. The van der Waals surface area contributed by atoms with E-state index >= 15 is 0 Å². The van der Waals surface area contributed by atoms with E-state index in [0.717, 1.165) is 32.7 Å². The van der Waals surface area contributed by atoms with Gasteiger partial charge in [-0.25, -0.2) is 9.59 Å². The summed E-state index contributed by atoms with van der Waals surface area (Å²) in [7, 11) is 1.42. The van der Waals surface area contributed by atoms with E-state index in [1.165, 1.54) is 14.0 Å². The summed E-state index contributed by atoms with van der Waals surface area (Å²) >= 11 is 0. The van der Waals surface area contributed by atoms with Crippen LogP contribution in [-0.2, 0) is 9.53 Å². The molecule has 7 nitrogen and oxygen atoms in total. The van der Waals surface area contributed by atoms with Crippen LogP contribution in [0.4, 0.5) is 10.5 Å². The lowest BCUT2D eigenvalue weighted by molar-refractivity contribution is -0.141. The number of aryl methyl sites for hydroxylation is 1. The van der Waals surface area contributed by atoms with Gasteiger partial charge >= 0.3 is 12.1 Å².